The van der Waals surface area contributed by atoms with Crippen LogP contribution in [0.25, 0.3) is 10.9 Å². The minimum absolute atomic E-state index is 0.00813. The van der Waals surface area contributed by atoms with Gasteiger partial charge in [-0.05, 0) is 56.3 Å². The molecule has 1 N–H and O–H groups in total. The zero-order valence-corrected chi connectivity index (χ0v) is 19.6. The number of ketones is 1. The molecule has 0 spiro atoms. The molecule has 7 heteroatoms. The number of rotatable bonds is 9. The van der Waals surface area contributed by atoms with Crippen LogP contribution in [-0.4, -0.2) is 29.5 Å². The van der Waals surface area contributed by atoms with Gasteiger partial charge in [0.25, 0.3) is 0 Å². The SMILES string of the molecule is CCOc1ccc(NC(=O)Cn2cc(C(=O)c3ccccc3)c(=O)c3cc(OCC)ccc32)cc1. The number of hydrogen-bond donors (Lipinski definition) is 1. The van der Waals surface area contributed by atoms with Crippen LogP contribution in [0.3, 0.4) is 0 Å². The van der Waals surface area contributed by atoms with Crippen molar-refractivity contribution in [2.45, 2.75) is 20.4 Å². The molecule has 0 aliphatic heterocycles. The second-order valence-corrected chi connectivity index (χ2v) is 7.81. The fourth-order valence-electron chi connectivity index (χ4n) is 3.83. The summed E-state index contributed by atoms with van der Waals surface area (Å²) in [6.45, 7) is 4.65. The molecule has 4 rings (SSSR count). The topological polar surface area (TPSA) is 86.6 Å². The third-order valence-electron chi connectivity index (χ3n) is 5.41. The number of aromatic nitrogens is 1. The molecule has 0 unspecified atom stereocenters. The molecule has 0 saturated heterocycles. The summed E-state index contributed by atoms with van der Waals surface area (Å²) in [4.78, 5) is 39.4. The standard InChI is InChI=1S/C28H26N2O5/c1-3-34-21-12-10-20(11-13-21)29-26(31)18-30-17-24(27(32)19-8-6-5-7-9-19)28(33)23-16-22(35-4-2)14-15-25(23)30/h5-17H,3-4,18H2,1-2H3,(H,29,31). The van der Waals surface area contributed by atoms with Crippen molar-refractivity contribution in [3.05, 3.63) is 100 Å². The second kappa shape index (κ2) is 10.7. The first-order valence-corrected chi connectivity index (χ1v) is 11.4. The Balaban J connectivity index is 1.71. The Morgan fingerprint density at radius 2 is 1.51 bits per heavy atom. The van der Waals surface area contributed by atoms with E-state index in [0.29, 0.717) is 46.9 Å². The van der Waals surface area contributed by atoms with E-state index in [1.807, 2.05) is 13.8 Å². The summed E-state index contributed by atoms with van der Waals surface area (Å²) in [5.74, 6) is 0.531. The third kappa shape index (κ3) is 5.41. The predicted molar refractivity (Wildman–Crippen MR) is 135 cm³/mol. The van der Waals surface area contributed by atoms with Crippen LogP contribution in [-0.2, 0) is 11.3 Å². The van der Waals surface area contributed by atoms with Gasteiger partial charge in [-0.2, -0.15) is 0 Å². The van der Waals surface area contributed by atoms with Gasteiger partial charge in [-0.3, -0.25) is 14.4 Å². The molecule has 1 heterocycles. The molecule has 0 aliphatic carbocycles. The average Bonchev–Trinajstić information content (AvgIpc) is 2.87. The van der Waals surface area contributed by atoms with E-state index in [-0.39, 0.29) is 18.0 Å². The average molecular weight is 471 g/mol. The molecule has 178 valence electrons. The van der Waals surface area contributed by atoms with Crippen LogP contribution in [0, 0.1) is 0 Å². The van der Waals surface area contributed by atoms with Gasteiger partial charge in [-0.15, -0.1) is 0 Å². The van der Waals surface area contributed by atoms with Gasteiger partial charge in [-0.1, -0.05) is 30.3 Å². The molecule has 0 radical (unpaired) electrons. The lowest BCUT2D eigenvalue weighted by Crippen LogP contribution is -2.24. The number of hydrogen-bond acceptors (Lipinski definition) is 5. The lowest BCUT2D eigenvalue weighted by atomic mass is 10.0. The van der Waals surface area contributed by atoms with Crippen molar-refractivity contribution in [2.24, 2.45) is 0 Å². The highest BCUT2D eigenvalue weighted by atomic mass is 16.5. The normalized spacial score (nSPS) is 10.7. The monoisotopic (exact) mass is 470 g/mol. The lowest BCUT2D eigenvalue weighted by Gasteiger charge is -2.15. The van der Waals surface area contributed by atoms with Crippen LogP contribution in [0.4, 0.5) is 5.69 Å². The molecule has 0 saturated carbocycles. The maximum Gasteiger partial charge on any atom is 0.244 e. The quantitative estimate of drug-likeness (QED) is 0.359. The van der Waals surface area contributed by atoms with Gasteiger partial charge in [0.1, 0.15) is 18.0 Å². The van der Waals surface area contributed by atoms with Gasteiger partial charge < -0.3 is 19.4 Å². The molecule has 3 aromatic carbocycles. The van der Waals surface area contributed by atoms with Crippen molar-refractivity contribution in [1.82, 2.24) is 4.57 Å². The molecule has 0 fully saturated rings. The number of pyridine rings is 1. The lowest BCUT2D eigenvalue weighted by molar-refractivity contribution is -0.116. The number of carbonyl (C=O) groups excluding carboxylic acids is 2. The van der Waals surface area contributed by atoms with Gasteiger partial charge in [0.15, 0.2) is 5.78 Å². The second-order valence-electron chi connectivity index (χ2n) is 7.81. The van der Waals surface area contributed by atoms with E-state index in [2.05, 4.69) is 5.32 Å². The van der Waals surface area contributed by atoms with Gasteiger partial charge >= 0.3 is 0 Å². The van der Waals surface area contributed by atoms with Gasteiger partial charge in [0.05, 0.1) is 29.7 Å². The Morgan fingerprint density at radius 3 is 2.20 bits per heavy atom. The zero-order valence-electron chi connectivity index (χ0n) is 19.6. The van der Waals surface area contributed by atoms with E-state index in [4.69, 9.17) is 9.47 Å². The summed E-state index contributed by atoms with van der Waals surface area (Å²) in [5, 5.41) is 3.16. The molecule has 7 nitrogen and oxygen atoms in total. The number of carbonyl (C=O) groups is 2. The number of fused-ring (bicyclic) bond motifs is 1. The first-order valence-electron chi connectivity index (χ1n) is 11.4. The Kier molecular flexibility index (Phi) is 7.26. The van der Waals surface area contributed by atoms with E-state index >= 15 is 0 Å². The highest BCUT2D eigenvalue weighted by Gasteiger charge is 2.19. The van der Waals surface area contributed by atoms with Crippen LogP contribution >= 0.6 is 0 Å². The Bertz CT molecular complexity index is 1410. The molecule has 1 amide bonds. The summed E-state index contributed by atoms with van der Waals surface area (Å²) >= 11 is 0. The number of nitrogens with one attached hydrogen (secondary N) is 1. The summed E-state index contributed by atoms with van der Waals surface area (Å²) in [7, 11) is 0. The minimum Gasteiger partial charge on any atom is -0.494 e. The van der Waals surface area contributed by atoms with E-state index < -0.39 is 11.2 Å². The maximum atomic E-state index is 13.3. The first-order chi connectivity index (χ1) is 17.0. The van der Waals surface area contributed by atoms with Crippen molar-refractivity contribution in [2.75, 3.05) is 18.5 Å². The molecule has 1 aromatic heterocycles. The molecule has 35 heavy (non-hydrogen) atoms. The van der Waals surface area contributed by atoms with Crippen molar-refractivity contribution in [3.63, 3.8) is 0 Å². The van der Waals surface area contributed by atoms with Crippen molar-refractivity contribution < 1.29 is 19.1 Å². The smallest absolute Gasteiger partial charge is 0.244 e. The van der Waals surface area contributed by atoms with Crippen LogP contribution in [0.1, 0.15) is 29.8 Å². The van der Waals surface area contributed by atoms with Gasteiger partial charge in [0.2, 0.25) is 11.3 Å². The van der Waals surface area contributed by atoms with Crippen LogP contribution in [0.15, 0.2) is 83.8 Å². The largest absolute Gasteiger partial charge is 0.494 e. The molecule has 0 aliphatic rings. The Hall–Kier alpha value is -4.39. The van der Waals surface area contributed by atoms with E-state index in [0.717, 1.165) is 0 Å². The Labute approximate surface area is 202 Å². The van der Waals surface area contributed by atoms with Crippen molar-refractivity contribution >= 4 is 28.3 Å². The number of ether oxygens (including phenoxy) is 2. The predicted octanol–water partition coefficient (Wildman–Crippen LogP) is 4.67. The van der Waals surface area contributed by atoms with Crippen molar-refractivity contribution in [3.8, 4) is 11.5 Å². The van der Waals surface area contributed by atoms with Crippen molar-refractivity contribution in [1.29, 1.82) is 0 Å². The molecular weight excluding hydrogens is 444 g/mol. The van der Waals surface area contributed by atoms with Crippen LogP contribution < -0.4 is 20.2 Å². The van der Waals surface area contributed by atoms with Crippen LogP contribution in [0.2, 0.25) is 0 Å². The van der Waals surface area contributed by atoms with E-state index in [1.54, 1.807) is 77.4 Å². The molecule has 4 aromatic rings. The van der Waals surface area contributed by atoms with E-state index in [1.165, 1.54) is 6.20 Å². The van der Waals surface area contributed by atoms with Gasteiger partial charge in [-0.25, -0.2) is 0 Å². The third-order valence-corrected chi connectivity index (χ3v) is 5.41. The first kappa shape index (κ1) is 23.8. The summed E-state index contributed by atoms with van der Waals surface area (Å²) in [6.07, 6.45) is 1.46. The summed E-state index contributed by atoms with van der Waals surface area (Å²) in [5.41, 5.74) is 1.13. The molecule has 0 atom stereocenters. The van der Waals surface area contributed by atoms with E-state index in [9.17, 15) is 14.4 Å². The number of nitrogens with zero attached hydrogens (tertiary/aromatic N) is 1. The number of anilines is 1. The summed E-state index contributed by atoms with van der Waals surface area (Å²) in [6, 6.07) is 20.7. The minimum atomic E-state index is -0.404. The number of amides is 1. The van der Waals surface area contributed by atoms with Gasteiger partial charge in [0, 0.05) is 17.4 Å². The fraction of sp³-hybridized carbons (Fsp3) is 0.179. The number of benzene rings is 3. The highest BCUT2D eigenvalue weighted by Crippen LogP contribution is 2.21. The van der Waals surface area contributed by atoms with Crippen LogP contribution in [0.5, 0.6) is 11.5 Å². The fourth-order valence-corrected chi connectivity index (χ4v) is 3.83. The Morgan fingerprint density at radius 1 is 0.857 bits per heavy atom. The molecular formula is C28H26N2O5. The molecule has 0 bridgehead atoms. The summed E-state index contributed by atoms with van der Waals surface area (Å²) < 4.78 is 12.6. The maximum absolute atomic E-state index is 13.3. The zero-order chi connectivity index (χ0) is 24.8. The highest BCUT2D eigenvalue weighted by molar-refractivity contribution is 6.10.